The first-order valence-electron chi connectivity index (χ1n) is 7.37. The molecule has 1 aromatic carbocycles. The van der Waals surface area contributed by atoms with Crippen molar-refractivity contribution in [1.29, 1.82) is 0 Å². The Kier molecular flexibility index (Phi) is 5.58. The Morgan fingerprint density at radius 3 is 2.80 bits per heavy atom. The van der Waals surface area contributed by atoms with Crippen molar-refractivity contribution in [1.82, 2.24) is 15.5 Å². The number of likely N-dealkylation sites (N-methyl/N-ethyl adjacent to an activating group) is 1. The van der Waals surface area contributed by atoms with Gasteiger partial charge in [0.15, 0.2) is 11.6 Å². The molecule has 0 fully saturated rings. The van der Waals surface area contributed by atoms with Crippen molar-refractivity contribution in [3.8, 4) is 5.75 Å². The minimum absolute atomic E-state index is 0. The smallest absolute Gasteiger partial charge is 0.423 e. The van der Waals surface area contributed by atoms with Crippen LogP contribution in [0.15, 0.2) is 28.8 Å². The van der Waals surface area contributed by atoms with E-state index in [-0.39, 0.29) is 42.3 Å². The molecule has 0 bridgehead atoms. The van der Waals surface area contributed by atoms with Gasteiger partial charge in [-0.05, 0) is 26.1 Å². The molecule has 136 valence electrons. The highest BCUT2D eigenvalue weighted by molar-refractivity contribution is 6.00. The number of hydrogen-bond donors (Lipinski definition) is 1. The van der Waals surface area contributed by atoms with Crippen LogP contribution in [0, 0.1) is 0 Å². The molecular weight excluding hydrogens is 358 g/mol. The second kappa shape index (κ2) is 7.32. The molecule has 0 radical (unpaired) electrons. The van der Waals surface area contributed by atoms with Gasteiger partial charge in [0.05, 0.1) is 5.69 Å². The second-order valence-corrected chi connectivity index (χ2v) is 5.48. The maximum atomic E-state index is 13.8. The maximum absolute atomic E-state index is 13.8. The standard InChI is InChI=1S/C15H16F2N4O3.ClH/c1-9(18-2)7-12-19-13(24-20-12)8-21-10-5-3-4-6-11(10)23-15(16,17)14(21)22;/h3-6,9,18H,7-8H2,1-2H3;1H. The summed E-state index contributed by atoms with van der Waals surface area (Å²) in [5.41, 5.74) is 0.233. The predicted molar refractivity (Wildman–Crippen MR) is 87.0 cm³/mol. The lowest BCUT2D eigenvalue weighted by Gasteiger charge is -2.32. The van der Waals surface area contributed by atoms with Crippen molar-refractivity contribution in [2.75, 3.05) is 11.9 Å². The monoisotopic (exact) mass is 374 g/mol. The summed E-state index contributed by atoms with van der Waals surface area (Å²) < 4.78 is 37.1. The SMILES string of the molecule is CNC(C)Cc1noc(CN2C(=O)C(F)(F)Oc3ccccc32)n1.Cl. The maximum Gasteiger partial charge on any atom is 0.482 e. The van der Waals surface area contributed by atoms with Crippen molar-refractivity contribution >= 4 is 24.0 Å². The van der Waals surface area contributed by atoms with E-state index in [1.54, 1.807) is 19.2 Å². The Bertz CT molecular complexity index is 756. The molecule has 1 amide bonds. The van der Waals surface area contributed by atoms with Gasteiger partial charge in [-0.15, -0.1) is 12.4 Å². The molecule has 1 unspecified atom stereocenters. The minimum atomic E-state index is -3.93. The topological polar surface area (TPSA) is 80.5 Å². The molecule has 3 rings (SSSR count). The molecule has 1 N–H and O–H groups in total. The van der Waals surface area contributed by atoms with Gasteiger partial charge in [0.2, 0.25) is 5.89 Å². The third-order valence-electron chi connectivity index (χ3n) is 3.67. The van der Waals surface area contributed by atoms with E-state index in [0.29, 0.717) is 12.2 Å². The van der Waals surface area contributed by atoms with Gasteiger partial charge in [0, 0.05) is 12.5 Å². The summed E-state index contributed by atoms with van der Waals surface area (Å²) in [4.78, 5) is 17.0. The zero-order chi connectivity index (χ0) is 17.3. The van der Waals surface area contributed by atoms with Crippen molar-refractivity contribution in [3.63, 3.8) is 0 Å². The normalized spacial score (nSPS) is 16.6. The van der Waals surface area contributed by atoms with E-state index in [1.807, 2.05) is 6.92 Å². The van der Waals surface area contributed by atoms with Gasteiger partial charge in [0.25, 0.3) is 0 Å². The zero-order valence-corrected chi connectivity index (χ0v) is 14.3. The van der Waals surface area contributed by atoms with Crippen LogP contribution in [0.3, 0.4) is 0 Å². The molecule has 0 spiro atoms. The number of nitrogens with zero attached hydrogens (tertiary/aromatic N) is 3. The van der Waals surface area contributed by atoms with E-state index >= 15 is 0 Å². The largest absolute Gasteiger partial charge is 0.482 e. The van der Waals surface area contributed by atoms with Crippen LogP contribution in [0.25, 0.3) is 0 Å². The van der Waals surface area contributed by atoms with Crippen LogP contribution in [-0.4, -0.2) is 35.2 Å². The van der Waals surface area contributed by atoms with Crippen molar-refractivity contribution in [2.45, 2.75) is 32.0 Å². The molecule has 2 heterocycles. The van der Waals surface area contributed by atoms with Crippen LogP contribution in [0.1, 0.15) is 18.6 Å². The zero-order valence-electron chi connectivity index (χ0n) is 13.5. The highest BCUT2D eigenvalue weighted by atomic mass is 35.5. The third kappa shape index (κ3) is 3.88. The average molecular weight is 375 g/mol. The summed E-state index contributed by atoms with van der Waals surface area (Å²) in [7, 11) is 1.80. The van der Waals surface area contributed by atoms with Gasteiger partial charge in [0.1, 0.15) is 6.54 Å². The first-order chi connectivity index (χ1) is 11.4. The molecule has 1 aromatic heterocycles. The lowest BCUT2D eigenvalue weighted by Crippen LogP contribution is -2.50. The van der Waals surface area contributed by atoms with Gasteiger partial charge in [-0.25, -0.2) is 0 Å². The lowest BCUT2D eigenvalue weighted by molar-refractivity contribution is -0.193. The van der Waals surface area contributed by atoms with E-state index in [1.165, 1.54) is 12.1 Å². The lowest BCUT2D eigenvalue weighted by atomic mass is 10.2. The molecule has 1 aliphatic heterocycles. The number of para-hydroxylation sites is 2. The molecular formula is C15H17ClF2N4O3. The number of anilines is 1. The molecule has 0 aliphatic carbocycles. The van der Waals surface area contributed by atoms with E-state index in [9.17, 15) is 13.6 Å². The van der Waals surface area contributed by atoms with Gasteiger partial charge in [-0.2, -0.15) is 13.8 Å². The number of aromatic nitrogens is 2. The fourth-order valence-electron chi connectivity index (χ4n) is 2.32. The fourth-order valence-corrected chi connectivity index (χ4v) is 2.32. The number of rotatable bonds is 5. The number of ether oxygens (including phenoxy) is 1. The number of nitrogens with one attached hydrogen (secondary N) is 1. The summed E-state index contributed by atoms with van der Waals surface area (Å²) in [5.74, 6) is -1.03. The number of fused-ring (bicyclic) bond motifs is 1. The molecule has 0 saturated heterocycles. The average Bonchev–Trinajstić information content (AvgIpc) is 2.98. The Labute approximate surface area is 148 Å². The number of benzene rings is 1. The molecule has 1 atom stereocenters. The fraction of sp³-hybridized carbons (Fsp3) is 0.400. The summed E-state index contributed by atoms with van der Waals surface area (Å²) in [6, 6.07) is 6.19. The van der Waals surface area contributed by atoms with Crippen LogP contribution < -0.4 is 15.0 Å². The Hall–Kier alpha value is -2.26. The summed E-state index contributed by atoms with van der Waals surface area (Å²) in [6.07, 6.45) is -3.42. The van der Waals surface area contributed by atoms with Crippen molar-refractivity contribution < 1.29 is 22.8 Å². The molecule has 2 aromatic rings. The van der Waals surface area contributed by atoms with Gasteiger partial charge in [-0.1, -0.05) is 17.3 Å². The number of amides is 1. The Balaban J connectivity index is 0.00000225. The highest BCUT2D eigenvalue weighted by Crippen LogP contribution is 2.39. The van der Waals surface area contributed by atoms with E-state index in [2.05, 4.69) is 20.2 Å². The second-order valence-electron chi connectivity index (χ2n) is 5.48. The summed E-state index contributed by atoms with van der Waals surface area (Å²) >= 11 is 0. The Morgan fingerprint density at radius 1 is 1.36 bits per heavy atom. The van der Waals surface area contributed by atoms with Crippen LogP contribution in [-0.2, 0) is 17.8 Å². The summed E-state index contributed by atoms with van der Waals surface area (Å²) in [5, 5.41) is 6.84. The van der Waals surface area contributed by atoms with Gasteiger partial charge < -0.3 is 14.6 Å². The number of carbonyl (C=O) groups is 1. The highest BCUT2D eigenvalue weighted by Gasteiger charge is 2.50. The third-order valence-corrected chi connectivity index (χ3v) is 3.67. The van der Waals surface area contributed by atoms with Crippen LogP contribution in [0.4, 0.5) is 14.5 Å². The van der Waals surface area contributed by atoms with Gasteiger partial charge in [-0.3, -0.25) is 9.69 Å². The van der Waals surface area contributed by atoms with Crippen molar-refractivity contribution in [2.24, 2.45) is 0 Å². The van der Waals surface area contributed by atoms with Crippen LogP contribution >= 0.6 is 12.4 Å². The molecule has 25 heavy (non-hydrogen) atoms. The van der Waals surface area contributed by atoms with Crippen LogP contribution in [0.5, 0.6) is 5.75 Å². The van der Waals surface area contributed by atoms with Crippen LogP contribution in [0.2, 0.25) is 0 Å². The minimum Gasteiger partial charge on any atom is -0.423 e. The number of carbonyl (C=O) groups excluding carboxylic acids is 1. The van der Waals surface area contributed by atoms with E-state index in [0.717, 1.165) is 4.90 Å². The molecule has 10 heteroatoms. The van der Waals surface area contributed by atoms with Gasteiger partial charge >= 0.3 is 12.0 Å². The molecule has 0 saturated carbocycles. The number of alkyl halides is 2. The molecule has 1 aliphatic rings. The summed E-state index contributed by atoms with van der Waals surface area (Å²) in [6.45, 7) is 1.69. The van der Waals surface area contributed by atoms with E-state index < -0.39 is 12.0 Å². The quantitative estimate of drug-likeness (QED) is 0.863. The number of halogens is 3. The first-order valence-corrected chi connectivity index (χ1v) is 7.37. The Morgan fingerprint density at radius 2 is 2.08 bits per heavy atom. The van der Waals surface area contributed by atoms with Crippen molar-refractivity contribution in [3.05, 3.63) is 36.0 Å². The molecule has 7 nitrogen and oxygen atoms in total. The first kappa shape index (κ1) is 19.1. The van der Waals surface area contributed by atoms with E-state index in [4.69, 9.17) is 4.52 Å². The number of hydrogen-bond acceptors (Lipinski definition) is 6. The predicted octanol–water partition coefficient (Wildman–Crippen LogP) is 2.16.